The lowest BCUT2D eigenvalue weighted by atomic mass is 10.2. The van der Waals surface area contributed by atoms with E-state index in [2.05, 4.69) is 37.9 Å². The number of hydrogen-bond donors (Lipinski definition) is 2. The molecule has 0 atom stereocenters. The van der Waals surface area contributed by atoms with Crippen molar-refractivity contribution in [1.82, 2.24) is 9.97 Å². The molecule has 7 heteroatoms. The maximum Gasteiger partial charge on any atom is 0.225 e. The SMILES string of the molecule is COc1ccc(C=NNc2cc(C)nc(NCc3ccccc3)n2)c(OC)c1. The van der Waals surface area contributed by atoms with Crippen molar-refractivity contribution in [1.29, 1.82) is 0 Å². The van der Waals surface area contributed by atoms with Gasteiger partial charge in [0.05, 0.1) is 20.4 Å². The van der Waals surface area contributed by atoms with Gasteiger partial charge in [0.1, 0.15) is 11.5 Å². The van der Waals surface area contributed by atoms with Crippen molar-refractivity contribution in [3.05, 3.63) is 71.4 Å². The molecule has 2 aromatic carbocycles. The van der Waals surface area contributed by atoms with Crippen LogP contribution in [0.5, 0.6) is 11.5 Å². The summed E-state index contributed by atoms with van der Waals surface area (Å²) in [6.45, 7) is 2.56. The number of rotatable bonds is 8. The number of methoxy groups -OCH3 is 2. The van der Waals surface area contributed by atoms with E-state index in [1.165, 1.54) is 0 Å². The predicted octanol–water partition coefficient (Wildman–Crippen LogP) is 3.86. The fourth-order valence-corrected chi connectivity index (χ4v) is 2.57. The summed E-state index contributed by atoms with van der Waals surface area (Å²) in [4.78, 5) is 8.87. The van der Waals surface area contributed by atoms with Gasteiger partial charge in [0.2, 0.25) is 5.95 Å². The molecule has 0 saturated heterocycles. The van der Waals surface area contributed by atoms with E-state index in [1.54, 1.807) is 20.4 Å². The van der Waals surface area contributed by atoms with Gasteiger partial charge in [-0.05, 0) is 24.6 Å². The maximum absolute atomic E-state index is 5.37. The number of ether oxygens (including phenoxy) is 2. The Kier molecular flexibility index (Phi) is 6.41. The number of hydrazone groups is 1. The van der Waals surface area contributed by atoms with Gasteiger partial charge in [-0.25, -0.2) is 4.98 Å². The minimum atomic E-state index is 0.545. The van der Waals surface area contributed by atoms with Crippen LogP contribution in [0.15, 0.2) is 59.7 Å². The van der Waals surface area contributed by atoms with Gasteiger partial charge in [-0.15, -0.1) is 0 Å². The molecule has 1 aromatic heterocycles. The molecule has 1 heterocycles. The van der Waals surface area contributed by atoms with Crippen LogP contribution in [0.4, 0.5) is 11.8 Å². The Labute approximate surface area is 164 Å². The standard InChI is InChI=1S/C21H23N5O2/c1-15-11-20(25-21(24-15)22-13-16-7-5-4-6-8-16)26-23-14-17-9-10-18(27-2)12-19(17)28-3/h4-12,14H,13H2,1-3H3,(H2,22,24,25,26). The van der Waals surface area contributed by atoms with Gasteiger partial charge in [-0.1, -0.05) is 30.3 Å². The minimum absolute atomic E-state index is 0.545. The monoisotopic (exact) mass is 377 g/mol. The number of hydrogen-bond acceptors (Lipinski definition) is 7. The first-order valence-electron chi connectivity index (χ1n) is 8.82. The fourth-order valence-electron chi connectivity index (χ4n) is 2.57. The molecule has 0 unspecified atom stereocenters. The van der Waals surface area contributed by atoms with Crippen LogP contribution in [0.25, 0.3) is 0 Å². The number of aromatic nitrogens is 2. The van der Waals surface area contributed by atoms with Crippen LogP contribution in [0.3, 0.4) is 0 Å². The van der Waals surface area contributed by atoms with Crippen molar-refractivity contribution in [2.45, 2.75) is 13.5 Å². The molecule has 144 valence electrons. The van der Waals surface area contributed by atoms with Crippen LogP contribution in [0, 0.1) is 6.92 Å². The molecule has 0 saturated carbocycles. The Bertz CT molecular complexity index is 945. The van der Waals surface area contributed by atoms with Gasteiger partial charge in [0.15, 0.2) is 5.82 Å². The van der Waals surface area contributed by atoms with Crippen molar-refractivity contribution in [2.75, 3.05) is 25.0 Å². The van der Waals surface area contributed by atoms with Crippen LogP contribution in [-0.2, 0) is 6.54 Å². The van der Waals surface area contributed by atoms with E-state index < -0.39 is 0 Å². The molecule has 0 bridgehead atoms. The Morgan fingerprint density at radius 3 is 2.57 bits per heavy atom. The van der Waals surface area contributed by atoms with Crippen molar-refractivity contribution in [3.63, 3.8) is 0 Å². The summed E-state index contributed by atoms with van der Waals surface area (Å²) in [7, 11) is 3.23. The van der Waals surface area contributed by atoms with Gasteiger partial charge in [-0.3, -0.25) is 5.43 Å². The summed E-state index contributed by atoms with van der Waals surface area (Å²) in [5.41, 5.74) is 5.76. The molecule has 0 aliphatic rings. The molecule has 0 aliphatic carbocycles. The van der Waals surface area contributed by atoms with Crippen LogP contribution in [-0.4, -0.2) is 30.4 Å². The lowest BCUT2D eigenvalue weighted by molar-refractivity contribution is 0.394. The molecule has 7 nitrogen and oxygen atoms in total. The number of nitrogens with one attached hydrogen (secondary N) is 2. The second-order valence-corrected chi connectivity index (χ2v) is 6.04. The van der Waals surface area contributed by atoms with E-state index >= 15 is 0 Å². The zero-order valence-corrected chi connectivity index (χ0v) is 16.1. The van der Waals surface area contributed by atoms with Gasteiger partial charge in [0, 0.05) is 29.9 Å². The summed E-state index contributed by atoms with van der Waals surface area (Å²) in [6.07, 6.45) is 1.67. The minimum Gasteiger partial charge on any atom is -0.497 e. The van der Waals surface area contributed by atoms with Gasteiger partial charge >= 0.3 is 0 Å². The molecule has 0 fully saturated rings. The lowest BCUT2D eigenvalue weighted by Crippen LogP contribution is -2.06. The fraction of sp³-hybridized carbons (Fsp3) is 0.190. The molecule has 0 radical (unpaired) electrons. The van der Waals surface area contributed by atoms with E-state index in [1.807, 2.05) is 49.4 Å². The van der Waals surface area contributed by atoms with Crippen LogP contribution in [0.1, 0.15) is 16.8 Å². The highest BCUT2D eigenvalue weighted by Gasteiger charge is 2.04. The maximum atomic E-state index is 5.37. The zero-order chi connectivity index (χ0) is 19.8. The summed E-state index contributed by atoms with van der Waals surface area (Å²) in [6, 6.07) is 17.5. The first-order valence-corrected chi connectivity index (χ1v) is 8.82. The summed E-state index contributed by atoms with van der Waals surface area (Å²) >= 11 is 0. The van der Waals surface area contributed by atoms with Crippen molar-refractivity contribution in [3.8, 4) is 11.5 Å². The molecular formula is C21H23N5O2. The Hall–Kier alpha value is -3.61. The third-order valence-corrected chi connectivity index (χ3v) is 3.97. The summed E-state index contributed by atoms with van der Waals surface area (Å²) in [5, 5.41) is 7.50. The van der Waals surface area contributed by atoms with Gasteiger partial charge in [0.25, 0.3) is 0 Å². The number of nitrogens with zero attached hydrogens (tertiary/aromatic N) is 3. The van der Waals surface area contributed by atoms with E-state index in [0.717, 1.165) is 22.6 Å². The first-order chi connectivity index (χ1) is 13.7. The largest absolute Gasteiger partial charge is 0.497 e. The average molecular weight is 377 g/mol. The van der Waals surface area contributed by atoms with Crippen LogP contribution < -0.4 is 20.2 Å². The second-order valence-electron chi connectivity index (χ2n) is 6.04. The van der Waals surface area contributed by atoms with Crippen molar-refractivity contribution < 1.29 is 9.47 Å². The van der Waals surface area contributed by atoms with Gasteiger partial charge < -0.3 is 14.8 Å². The van der Waals surface area contributed by atoms with Crippen molar-refractivity contribution in [2.24, 2.45) is 5.10 Å². The molecule has 0 aliphatic heterocycles. The average Bonchev–Trinajstić information content (AvgIpc) is 2.73. The van der Waals surface area contributed by atoms with E-state index in [9.17, 15) is 0 Å². The number of benzene rings is 2. The topological polar surface area (TPSA) is 80.7 Å². The van der Waals surface area contributed by atoms with Gasteiger partial charge in [-0.2, -0.15) is 10.1 Å². The van der Waals surface area contributed by atoms with Crippen LogP contribution in [0.2, 0.25) is 0 Å². The molecule has 28 heavy (non-hydrogen) atoms. The van der Waals surface area contributed by atoms with E-state index in [4.69, 9.17) is 9.47 Å². The first kappa shape index (κ1) is 19.2. The molecule has 0 spiro atoms. The zero-order valence-electron chi connectivity index (χ0n) is 16.1. The highest BCUT2D eigenvalue weighted by molar-refractivity contribution is 5.84. The van der Waals surface area contributed by atoms with Crippen LogP contribution >= 0.6 is 0 Å². The third kappa shape index (κ3) is 5.20. The normalized spacial score (nSPS) is 10.7. The number of anilines is 2. The van der Waals surface area contributed by atoms with E-state index in [0.29, 0.717) is 24.1 Å². The highest BCUT2D eigenvalue weighted by Crippen LogP contribution is 2.23. The lowest BCUT2D eigenvalue weighted by Gasteiger charge is -2.08. The van der Waals surface area contributed by atoms with E-state index in [-0.39, 0.29) is 0 Å². The smallest absolute Gasteiger partial charge is 0.225 e. The Morgan fingerprint density at radius 1 is 1.00 bits per heavy atom. The molecule has 0 amide bonds. The Balaban J connectivity index is 1.67. The second kappa shape index (κ2) is 9.36. The predicted molar refractivity (Wildman–Crippen MR) is 111 cm³/mol. The van der Waals surface area contributed by atoms with Crippen molar-refractivity contribution >= 4 is 18.0 Å². The summed E-state index contributed by atoms with van der Waals surface area (Å²) < 4.78 is 10.6. The molecule has 2 N–H and O–H groups in total. The number of aryl methyl sites for hydroxylation is 1. The Morgan fingerprint density at radius 2 is 1.82 bits per heavy atom. The molecule has 3 aromatic rings. The molecule has 3 rings (SSSR count). The highest BCUT2D eigenvalue weighted by atomic mass is 16.5. The molecular weight excluding hydrogens is 354 g/mol. The third-order valence-electron chi connectivity index (χ3n) is 3.97. The summed E-state index contributed by atoms with van der Waals surface area (Å²) in [5.74, 6) is 2.55. The quantitative estimate of drug-likeness (QED) is 0.458.